The summed E-state index contributed by atoms with van der Waals surface area (Å²) < 4.78 is 14.6. The number of rotatable bonds is 11. The first-order valence-corrected chi connectivity index (χ1v) is 22.7. The summed E-state index contributed by atoms with van der Waals surface area (Å²) in [6.07, 6.45) is 9.19. The Balaban J connectivity index is 0.712. The number of pyridine rings is 1. The summed E-state index contributed by atoms with van der Waals surface area (Å²) >= 11 is 6.26. The van der Waals surface area contributed by atoms with Crippen LogP contribution in [0.1, 0.15) is 74.5 Å². The molecule has 65 heavy (non-hydrogen) atoms. The van der Waals surface area contributed by atoms with Crippen LogP contribution in [-0.2, 0) is 19.1 Å². The number of carbonyl (C=O) groups is 1. The molecule has 3 aromatic carbocycles. The first-order valence-electron chi connectivity index (χ1n) is 22.3. The second kappa shape index (κ2) is 15.7. The number of anilines is 2. The number of nitrogens with one attached hydrogen (secondary N) is 2. The third-order valence-corrected chi connectivity index (χ3v) is 14.8. The third-order valence-electron chi connectivity index (χ3n) is 14.5. The highest BCUT2D eigenvalue weighted by Crippen LogP contribution is 2.56. The van der Waals surface area contributed by atoms with E-state index < -0.39 is 5.60 Å². The summed E-state index contributed by atoms with van der Waals surface area (Å²) in [5.74, 6) is 3.58. The zero-order chi connectivity index (χ0) is 45.6. The highest BCUT2D eigenvalue weighted by Gasteiger charge is 2.64. The Kier molecular flexibility index (Phi) is 10.3. The number of ether oxygens (including phenoxy) is 2. The minimum atomic E-state index is -0.931. The van der Waals surface area contributed by atoms with Crippen molar-refractivity contribution in [3.05, 3.63) is 123 Å². The van der Waals surface area contributed by atoms with E-state index in [1.54, 1.807) is 48.4 Å². The molecule has 1 saturated carbocycles. The van der Waals surface area contributed by atoms with Gasteiger partial charge in [-0.2, -0.15) is 5.26 Å². The summed E-state index contributed by atoms with van der Waals surface area (Å²) in [5.41, 5.74) is 4.37. The van der Waals surface area contributed by atoms with Crippen LogP contribution in [0.25, 0.3) is 22.0 Å². The number of amides is 1. The molecule has 2 aliphatic heterocycles. The molecular weight excluding hydrogens is 840 g/mol. The smallest absolute Gasteiger partial charge is 0.274 e. The number of hydrogen-bond donors (Lipinski definition) is 3. The van der Waals surface area contributed by atoms with Crippen LogP contribution in [0.2, 0.25) is 5.02 Å². The maximum absolute atomic E-state index is 13.4. The number of aryl methyl sites for hydroxylation is 2. The lowest BCUT2D eigenvalue weighted by molar-refractivity contribution is -0.164. The highest BCUT2D eigenvalue weighted by molar-refractivity contribution is 6.31. The Morgan fingerprint density at radius 3 is 2.29 bits per heavy atom. The zero-order valence-electron chi connectivity index (χ0n) is 37.5. The Bertz CT molecular complexity index is 2920. The van der Waals surface area contributed by atoms with Crippen molar-refractivity contribution >= 4 is 40.0 Å². The van der Waals surface area contributed by atoms with Crippen molar-refractivity contribution in [2.24, 2.45) is 29.7 Å². The Morgan fingerprint density at radius 2 is 1.62 bits per heavy atom. The number of nitriles is 1. The predicted molar refractivity (Wildman–Crippen MR) is 251 cm³/mol. The monoisotopic (exact) mass is 892 g/mol. The van der Waals surface area contributed by atoms with Crippen molar-refractivity contribution in [1.29, 1.82) is 5.26 Å². The van der Waals surface area contributed by atoms with Gasteiger partial charge in [0.25, 0.3) is 11.5 Å². The molecule has 14 heteroatoms. The molecule has 6 aromatic rings. The van der Waals surface area contributed by atoms with Gasteiger partial charge in [0, 0.05) is 103 Å². The van der Waals surface area contributed by atoms with E-state index >= 15 is 0 Å². The Labute approximate surface area is 383 Å². The lowest BCUT2D eigenvalue weighted by Gasteiger charge is -2.63. The van der Waals surface area contributed by atoms with Crippen molar-refractivity contribution in [1.82, 2.24) is 24.8 Å². The van der Waals surface area contributed by atoms with Crippen LogP contribution >= 0.6 is 11.6 Å². The topological polar surface area (TPSA) is 162 Å². The fourth-order valence-corrected chi connectivity index (χ4v) is 11.4. The summed E-state index contributed by atoms with van der Waals surface area (Å²) in [4.78, 5) is 43.2. The van der Waals surface area contributed by atoms with Crippen LogP contribution in [-0.4, -0.2) is 68.9 Å². The molecule has 10 rings (SSSR count). The lowest BCUT2D eigenvalue weighted by atomic mass is 9.49. The Hall–Kier alpha value is -6.36. The van der Waals surface area contributed by atoms with Crippen LogP contribution in [0.5, 0.6) is 17.2 Å². The van der Waals surface area contributed by atoms with E-state index in [-0.39, 0.29) is 34.4 Å². The Morgan fingerprint density at radius 1 is 0.938 bits per heavy atom. The maximum atomic E-state index is 13.4. The number of fused-ring (bicyclic) bond motifs is 2. The molecule has 4 aliphatic rings. The molecular formula is C51H53ClN8O5. The number of carbonyl (C=O) groups excluding carboxylic acids is 1. The van der Waals surface area contributed by atoms with Gasteiger partial charge in [0.05, 0.1) is 21.8 Å². The molecule has 3 aromatic heterocycles. The zero-order valence-corrected chi connectivity index (χ0v) is 38.2. The predicted octanol–water partition coefficient (Wildman–Crippen LogP) is 8.37. The highest BCUT2D eigenvalue weighted by atomic mass is 35.5. The van der Waals surface area contributed by atoms with Crippen LogP contribution in [0, 0.1) is 34.0 Å². The molecule has 3 N–H and O–H groups in total. The number of benzene rings is 3. The largest absolute Gasteiger partial charge is 0.489 e. The number of nitrogens with zero attached hydrogens (tertiary/aromatic N) is 6. The first-order chi connectivity index (χ1) is 31.0. The number of hydrogen-bond acceptors (Lipinski definition) is 10. The second-order valence-corrected chi connectivity index (χ2v) is 20.4. The van der Waals surface area contributed by atoms with Gasteiger partial charge in [-0.05, 0) is 104 Å². The van der Waals surface area contributed by atoms with E-state index in [0.29, 0.717) is 57.4 Å². The van der Waals surface area contributed by atoms with E-state index in [0.717, 1.165) is 78.1 Å². The number of H-pyrrole nitrogens is 1. The minimum absolute atomic E-state index is 0.0990. The standard InChI is InChI=1S/C51H53ClN8O5/c1-49(2)46(50(3,4)47(49)65-36-10-7-32(21-53)41(52)19-36)57-44(61)33-22-55-48(56-23-33)60-26-30(27-60)17-29-24-59(25-29)34-8-11-35(12-9-34)64-42-18-31-13-15-51(5,63)40(31)20-38(42)39-28-58(6)45(62)43-37(39)14-16-54-43/h7-12,14,16,18-20,22-23,28-30,46-47,54,63H,13,15,17,24-27H2,1-6H3,(H,57,61). The SMILES string of the molecule is Cn1cc(-c2cc3c(cc2Oc2ccc(N4CC(CC5CN(c6ncc(C(=O)NC7C(C)(C)C(Oc8ccc(C#N)c(Cl)c8)C7(C)C)cn6)C5)C4)cc2)CCC3(C)O)c2cc[nH]c2c1=O. The van der Waals surface area contributed by atoms with Gasteiger partial charge in [0.1, 0.15) is 34.9 Å². The van der Waals surface area contributed by atoms with Crippen LogP contribution in [0.3, 0.4) is 0 Å². The quantitative estimate of drug-likeness (QED) is 0.115. The number of aromatic amines is 1. The van der Waals surface area contributed by atoms with E-state index in [9.17, 15) is 20.0 Å². The van der Waals surface area contributed by atoms with Crippen molar-refractivity contribution in [2.75, 3.05) is 36.0 Å². The van der Waals surface area contributed by atoms with E-state index in [4.69, 9.17) is 21.1 Å². The van der Waals surface area contributed by atoms with E-state index in [2.05, 4.69) is 76.0 Å². The lowest BCUT2D eigenvalue weighted by Crippen LogP contribution is -2.74. The first kappa shape index (κ1) is 42.6. The molecule has 0 radical (unpaired) electrons. The van der Waals surface area contributed by atoms with Gasteiger partial charge in [0.2, 0.25) is 5.95 Å². The van der Waals surface area contributed by atoms with Crippen molar-refractivity contribution in [3.8, 4) is 34.4 Å². The molecule has 2 aliphatic carbocycles. The van der Waals surface area contributed by atoms with Gasteiger partial charge < -0.3 is 39.2 Å². The maximum Gasteiger partial charge on any atom is 0.274 e. The molecule has 3 fully saturated rings. The molecule has 2 saturated heterocycles. The van der Waals surface area contributed by atoms with Crippen LogP contribution in [0.4, 0.5) is 11.6 Å². The fraction of sp³-hybridized carbons (Fsp3) is 0.392. The molecule has 334 valence electrons. The minimum Gasteiger partial charge on any atom is -0.489 e. The van der Waals surface area contributed by atoms with E-state index in [1.165, 1.54) is 0 Å². The van der Waals surface area contributed by atoms with Gasteiger partial charge in [0.15, 0.2) is 0 Å². The van der Waals surface area contributed by atoms with Crippen LogP contribution in [0.15, 0.2) is 90.2 Å². The molecule has 1 amide bonds. The second-order valence-electron chi connectivity index (χ2n) is 20.0. The molecule has 0 bridgehead atoms. The third kappa shape index (κ3) is 7.46. The van der Waals surface area contributed by atoms with Crippen molar-refractivity contribution in [3.63, 3.8) is 0 Å². The number of aromatic nitrogens is 4. The van der Waals surface area contributed by atoms with Gasteiger partial charge in [-0.15, -0.1) is 0 Å². The van der Waals surface area contributed by atoms with Gasteiger partial charge in [-0.3, -0.25) is 9.59 Å². The van der Waals surface area contributed by atoms with Crippen molar-refractivity contribution < 1.29 is 19.4 Å². The van der Waals surface area contributed by atoms with Gasteiger partial charge >= 0.3 is 0 Å². The fourth-order valence-electron chi connectivity index (χ4n) is 11.2. The average molecular weight is 893 g/mol. The van der Waals surface area contributed by atoms with Gasteiger partial charge in [-0.1, -0.05) is 39.3 Å². The average Bonchev–Trinajstić information content (AvgIpc) is 3.86. The summed E-state index contributed by atoms with van der Waals surface area (Å²) in [5, 5.41) is 24.8. The number of halogens is 1. The van der Waals surface area contributed by atoms with E-state index in [1.807, 2.05) is 43.5 Å². The molecule has 0 spiro atoms. The summed E-state index contributed by atoms with van der Waals surface area (Å²) in [6, 6.07) is 21.2. The number of aliphatic hydroxyl groups is 1. The van der Waals surface area contributed by atoms with Crippen LogP contribution < -0.4 is 30.1 Å². The summed E-state index contributed by atoms with van der Waals surface area (Å²) in [7, 11) is 1.75. The molecule has 1 unspecified atom stereocenters. The van der Waals surface area contributed by atoms with Gasteiger partial charge in [-0.25, -0.2) is 9.97 Å². The molecule has 1 atom stereocenters. The summed E-state index contributed by atoms with van der Waals surface area (Å²) in [6.45, 7) is 13.9. The normalized spacial score (nSPS) is 22.1. The van der Waals surface area contributed by atoms with Crippen molar-refractivity contribution in [2.45, 2.75) is 71.6 Å². The molecule has 5 heterocycles. The molecule has 13 nitrogen and oxygen atoms in total.